The van der Waals surface area contributed by atoms with Crippen LogP contribution >= 0.6 is 0 Å². The highest BCUT2D eigenvalue weighted by Gasteiger charge is 2.36. The van der Waals surface area contributed by atoms with Crippen molar-refractivity contribution in [3.63, 3.8) is 0 Å². The van der Waals surface area contributed by atoms with Gasteiger partial charge < -0.3 is 5.73 Å². The third-order valence-electron chi connectivity index (χ3n) is 3.07. The number of carbonyl (C=O) groups excluding carboxylic acids is 3. The van der Waals surface area contributed by atoms with Gasteiger partial charge in [0.2, 0.25) is 11.8 Å². The number of hydrogen-bond donors (Lipinski definition) is 2. The second kappa shape index (κ2) is 4.03. The fraction of sp³-hybridized carbons (Fsp3) is 0.600. The Kier molecular flexibility index (Phi) is 2.72. The average Bonchev–Trinajstić information content (AvgIpc) is 2.33. The number of fused-ring (bicyclic) bond motifs is 1. The van der Waals surface area contributed by atoms with Crippen molar-refractivity contribution < 1.29 is 14.4 Å². The number of aliphatic imine (C=N–C) groups is 1. The van der Waals surface area contributed by atoms with Crippen LogP contribution in [0, 0.1) is 11.8 Å². The number of primary amides is 1. The normalized spacial score (nSPS) is 29.9. The van der Waals surface area contributed by atoms with Crippen molar-refractivity contribution in [1.82, 2.24) is 5.32 Å². The maximum Gasteiger partial charge on any atom is 0.347 e. The molecule has 16 heavy (non-hydrogen) atoms. The fourth-order valence-electron chi connectivity index (χ4n) is 2.35. The summed E-state index contributed by atoms with van der Waals surface area (Å²) in [7, 11) is 0. The number of carbonyl (C=O) groups is 3. The van der Waals surface area contributed by atoms with E-state index in [2.05, 4.69) is 10.3 Å². The molecule has 1 heterocycles. The largest absolute Gasteiger partial charge is 0.369 e. The molecule has 3 N–H and O–H groups in total. The maximum absolute atomic E-state index is 11.3. The molecule has 86 valence electrons. The molecular weight excluding hydrogens is 210 g/mol. The van der Waals surface area contributed by atoms with Crippen molar-refractivity contribution in [2.24, 2.45) is 22.6 Å². The molecule has 0 saturated heterocycles. The second-order valence-corrected chi connectivity index (χ2v) is 4.18. The quantitative estimate of drug-likeness (QED) is 0.652. The molecule has 0 aromatic carbocycles. The van der Waals surface area contributed by atoms with E-state index in [0.717, 1.165) is 12.8 Å². The van der Waals surface area contributed by atoms with Gasteiger partial charge in [0, 0.05) is 18.1 Å². The molecule has 1 saturated carbocycles. The minimum absolute atomic E-state index is 0.113. The van der Waals surface area contributed by atoms with Crippen LogP contribution in [0.25, 0.3) is 0 Å². The summed E-state index contributed by atoms with van der Waals surface area (Å²) in [5, 5.41) is 2.14. The molecule has 0 spiro atoms. The van der Waals surface area contributed by atoms with Crippen LogP contribution in [0.15, 0.2) is 4.99 Å². The van der Waals surface area contributed by atoms with Gasteiger partial charge in [-0.2, -0.15) is 0 Å². The lowest BCUT2D eigenvalue weighted by Gasteiger charge is -2.27. The summed E-state index contributed by atoms with van der Waals surface area (Å²) in [6.45, 7) is 0. The first-order valence-corrected chi connectivity index (χ1v) is 5.29. The van der Waals surface area contributed by atoms with Crippen LogP contribution < -0.4 is 11.1 Å². The van der Waals surface area contributed by atoms with Crippen LogP contribution in [-0.4, -0.2) is 23.6 Å². The third-order valence-corrected chi connectivity index (χ3v) is 3.07. The van der Waals surface area contributed by atoms with Crippen molar-refractivity contribution in [2.75, 3.05) is 0 Å². The van der Waals surface area contributed by atoms with Gasteiger partial charge in [-0.3, -0.25) is 14.9 Å². The van der Waals surface area contributed by atoms with Crippen molar-refractivity contribution in [1.29, 1.82) is 0 Å². The molecule has 1 aliphatic carbocycles. The number of imide groups is 1. The van der Waals surface area contributed by atoms with E-state index in [0.29, 0.717) is 12.1 Å². The van der Waals surface area contributed by atoms with E-state index < -0.39 is 17.9 Å². The highest BCUT2D eigenvalue weighted by Crippen LogP contribution is 2.30. The van der Waals surface area contributed by atoms with Crippen molar-refractivity contribution in [2.45, 2.75) is 25.7 Å². The number of hydrogen-bond acceptors (Lipinski definition) is 3. The zero-order valence-corrected chi connectivity index (χ0v) is 8.73. The average molecular weight is 223 g/mol. The summed E-state index contributed by atoms with van der Waals surface area (Å²) in [5.74, 6) is -1.41. The maximum atomic E-state index is 11.3. The molecule has 6 nitrogen and oxygen atoms in total. The van der Waals surface area contributed by atoms with Crippen molar-refractivity contribution in [3.05, 3.63) is 0 Å². The molecule has 1 fully saturated rings. The second-order valence-electron chi connectivity index (χ2n) is 4.18. The van der Waals surface area contributed by atoms with Crippen LogP contribution in [0.3, 0.4) is 0 Å². The first-order chi connectivity index (χ1) is 7.58. The van der Waals surface area contributed by atoms with Crippen molar-refractivity contribution in [3.8, 4) is 0 Å². The van der Waals surface area contributed by atoms with Crippen LogP contribution in [0.1, 0.15) is 25.7 Å². The Morgan fingerprint density at radius 2 is 2.12 bits per heavy atom. The summed E-state index contributed by atoms with van der Waals surface area (Å²) >= 11 is 0. The lowest BCUT2D eigenvalue weighted by atomic mass is 9.77. The SMILES string of the molecule is NC(=O)C1CCCC2CC(=O)NC(=O)N=C21. The molecule has 2 aliphatic rings. The molecule has 4 amide bonds. The molecule has 2 atom stereocenters. The number of nitrogens with two attached hydrogens (primary N) is 1. The van der Waals surface area contributed by atoms with Gasteiger partial charge in [-0.25, -0.2) is 9.79 Å². The molecular formula is C10H13N3O3. The van der Waals surface area contributed by atoms with E-state index in [1.807, 2.05) is 0 Å². The summed E-state index contributed by atoms with van der Waals surface area (Å²) in [6.07, 6.45) is 2.45. The predicted octanol–water partition coefficient (Wildman–Crippen LogP) is -0.0311. The van der Waals surface area contributed by atoms with Crippen LogP contribution in [0.5, 0.6) is 0 Å². The summed E-state index contributed by atoms with van der Waals surface area (Å²) < 4.78 is 0. The Morgan fingerprint density at radius 3 is 2.81 bits per heavy atom. The zero-order chi connectivity index (χ0) is 11.7. The van der Waals surface area contributed by atoms with E-state index in [9.17, 15) is 14.4 Å². The van der Waals surface area contributed by atoms with E-state index in [1.165, 1.54) is 0 Å². The predicted molar refractivity (Wildman–Crippen MR) is 55.6 cm³/mol. The van der Waals surface area contributed by atoms with Gasteiger partial charge in [-0.15, -0.1) is 0 Å². The van der Waals surface area contributed by atoms with Gasteiger partial charge in [-0.1, -0.05) is 6.42 Å². The first kappa shape index (κ1) is 10.8. The van der Waals surface area contributed by atoms with Gasteiger partial charge in [-0.05, 0) is 12.8 Å². The van der Waals surface area contributed by atoms with Gasteiger partial charge in [0.15, 0.2) is 0 Å². The standard InChI is InChI=1S/C10H13N3O3/c11-9(15)6-3-1-2-5-4-7(14)12-10(16)13-8(5)6/h5-6H,1-4H2,(H2,11,15)(H,12,14,16). The van der Waals surface area contributed by atoms with Gasteiger partial charge in [0.05, 0.1) is 5.92 Å². The monoisotopic (exact) mass is 223 g/mol. The van der Waals surface area contributed by atoms with E-state index in [1.54, 1.807) is 0 Å². The summed E-state index contributed by atoms with van der Waals surface area (Å²) in [4.78, 5) is 37.6. The molecule has 2 unspecified atom stereocenters. The molecule has 2 rings (SSSR count). The molecule has 1 aliphatic heterocycles. The molecule has 0 bridgehead atoms. The van der Waals surface area contributed by atoms with Gasteiger partial charge in [0.25, 0.3) is 0 Å². The minimum Gasteiger partial charge on any atom is -0.369 e. The number of urea groups is 1. The Hall–Kier alpha value is -1.72. The van der Waals surface area contributed by atoms with Crippen LogP contribution in [0.2, 0.25) is 0 Å². The van der Waals surface area contributed by atoms with E-state index in [4.69, 9.17) is 5.73 Å². The van der Waals surface area contributed by atoms with Crippen molar-refractivity contribution >= 4 is 23.6 Å². The number of nitrogens with one attached hydrogen (secondary N) is 1. The Bertz CT molecular complexity index is 389. The Labute approximate surface area is 92.3 Å². The minimum atomic E-state index is -0.685. The number of nitrogens with zero attached hydrogens (tertiary/aromatic N) is 1. The van der Waals surface area contributed by atoms with E-state index in [-0.39, 0.29) is 18.2 Å². The van der Waals surface area contributed by atoms with Gasteiger partial charge in [0.1, 0.15) is 0 Å². The fourth-order valence-corrected chi connectivity index (χ4v) is 2.35. The van der Waals surface area contributed by atoms with Gasteiger partial charge >= 0.3 is 6.03 Å². The Balaban J connectivity index is 2.32. The highest BCUT2D eigenvalue weighted by molar-refractivity contribution is 6.13. The zero-order valence-electron chi connectivity index (χ0n) is 8.73. The molecule has 6 heteroatoms. The number of rotatable bonds is 1. The van der Waals surface area contributed by atoms with E-state index >= 15 is 0 Å². The lowest BCUT2D eigenvalue weighted by molar-refractivity contribution is -0.122. The first-order valence-electron chi connectivity index (χ1n) is 5.29. The van der Waals surface area contributed by atoms with Crippen LogP contribution in [-0.2, 0) is 9.59 Å². The summed E-state index contributed by atoms with van der Waals surface area (Å²) in [5.41, 5.74) is 5.76. The molecule has 0 aromatic rings. The lowest BCUT2D eigenvalue weighted by Crippen LogP contribution is -2.38. The smallest absolute Gasteiger partial charge is 0.347 e. The number of amides is 4. The summed E-state index contributed by atoms with van der Waals surface area (Å²) in [6, 6.07) is -0.685. The third kappa shape index (κ3) is 1.95. The highest BCUT2D eigenvalue weighted by atomic mass is 16.2. The molecule has 0 radical (unpaired) electrons. The van der Waals surface area contributed by atoms with Crippen LogP contribution in [0.4, 0.5) is 4.79 Å². The topological polar surface area (TPSA) is 102 Å². The Morgan fingerprint density at radius 1 is 1.38 bits per heavy atom. The molecule has 0 aromatic heterocycles.